The number of aliphatic hydroxyl groups is 2. The number of methoxy groups -OCH3 is 1. The number of nitrogens with zero attached hydrogens (tertiary/aromatic N) is 3. The third-order valence-electron chi connectivity index (χ3n) is 6.74. The molecule has 0 unspecified atom stereocenters. The molecule has 4 N–H and O–H groups in total. The molecule has 0 saturated heterocycles. The molecular formula is C25H27N5O5S. The third kappa shape index (κ3) is 4.99. The van der Waals surface area contributed by atoms with Gasteiger partial charge in [-0.1, -0.05) is 0 Å². The first-order valence-corrected chi connectivity index (χ1v) is 12.8. The summed E-state index contributed by atoms with van der Waals surface area (Å²) in [6, 6.07) is 8.53. The van der Waals surface area contributed by atoms with E-state index >= 15 is 0 Å². The quantitative estimate of drug-likeness (QED) is 0.393. The van der Waals surface area contributed by atoms with Gasteiger partial charge in [0, 0.05) is 23.9 Å². The summed E-state index contributed by atoms with van der Waals surface area (Å²) in [5.41, 5.74) is 1.86. The average molecular weight is 510 g/mol. The zero-order valence-corrected chi connectivity index (χ0v) is 20.5. The van der Waals surface area contributed by atoms with Crippen LogP contribution in [0, 0.1) is 5.92 Å². The van der Waals surface area contributed by atoms with Crippen molar-refractivity contribution in [3.05, 3.63) is 47.8 Å². The zero-order chi connectivity index (χ0) is 25.2. The maximum atomic E-state index is 12.8. The lowest BCUT2D eigenvalue weighted by atomic mass is 9.80. The van der Waals surface area contributed by atoms with Gasteiger partial charge in [0.15, 0.2) is 0 Å². The zero-order valence-electron chi connectivity index (χ0n) is 19.7. The largest absolute Gasteiger partial charge is 0.481 e. The molecule has 0 radical (unpaired) electrons. The van der Waals surface area contributed by atoms with E-state index in [0.29, 0.717) is 59.7 Å². The Hall–Kier alpha value is -3.28. The lowest BCUT2D eigenvalue weighted by Crippen LogP contribution is -2.40. The van der Waals surface area contributed by atoms with Crippen LogP contribution < -0.4 is 15.4 Å². The summed E-state index contributed by atoms with van der Waals surface area (Å²) in [7, 11) is 1.52. The van der Waals surface area contributed by atoms with Crippen LogP contribution in [-0.4, -0.2) is 62.0 Å². The van der Waals surface area contributed by atoms with E-state index in [1.54, 1.807) is 36.5 Å². The van der Waals surface area contributed by atoms with Gasteiger partial charge in [0.2, 0.25) is 11.8 Å². The van der Waals surface area contributed by atoms with E-state index in [4.69, 9.17) is 4.74 Å². The number of thioether (sulfide) groups is 1. The van der Waals surface area contributed by atoms with Crippen LogP contribution in [0.3, 0.4) is 0 Å². The van der Waals surface area contributed by atoms with E-state index in [-0.39, 0.29) is 29.5 Å². The van der Waals surface area contributed by atoms with Crippen molar-refractivity contribution in [1.82, 2.24) is 20.3 Å². The molecule has 188 valence electrons. The molecule has 0 spiro atoms. The maximum absolute atomic E-state index is 12.8. The van der Waals surface area contributed by atoms with E-state index in [2.05, 4.69) is 25.6 Å². The molecule has 1 fully saturated rings. The van der Waals surface area contributed by atoms with Crippen molar-refractivity contribution in [3.8, 4) is 5.88 Å². The molecule has 10 nitrogen and oxygen atoms in total. The third-order valence-corrected chi connectivity index (χ3v) is 7.79. The highest BCUT2D eigenvalue weighted by Gasteiger charge is 2.33. The lowest BCUT2D eigenvalue weighted by Gasteiger charge is -2.34. The lowest BCUT2D eigenvalue weighted by molar-refractivity contribution is -0.113. The molecule has 5 rings (SSSR count). The maximum Gasteiger partial charge on any atom is 0.270 e. The molecule has 36 heavy (non-hydrogen) atoms. The molecule has 0 bridgehead atoms. The first-order valence-electron chi connectivity index (χ1n) is 11.8. The van der Waals surface area contributed by atoms with Crippen LogP contribution >= 0.6 is 11.8 Å². The molecule has 3 aromatic rings. The molecule has 4 heterocycles. The SMILES string of the molecule is COc1ccc2nccc([C@@H](O)[C@H](O)[C@H]3CC[C@H](NC(=O)c4ccc5c(n4)NC(=O)CS5)CC3)c2n1. The number of pyridine rings is 3. The van der Waals surface area contributed by atoms with Crippen LogP contribution in [0.5, 0.6) is 5.88 Å². The summed E-state index contributed by atoms with van der Waals surface area (Å²) in [6.45, 7) is 0. The molecule has 2 atom stereocenters. The molecule has 2 aliphatic rings. The summed E-state index contributed by atoms with van der Waals surface area (Å²) in [4.78, 5) is 38.2. The van der Waals surface area contributed by atoms with Crippen molar-refractivity contribution >= 4 is 40.4 Å². The Morgan fingerprint density at radius 2 is 1.94 bits per heavy atom. The molecule has 11 heteroatoms. The van der Waals surface area contributed by atoms with E-state index in [1.165, 1.54) is 18.9 Å². The average Bonchev–Trinajstić information content (AvgIpc) is 2.91. The summed E-state index contributed by atoms with van der Waals surface area (Å²) < 4.78 is 5.20. The number of hydrogen-bond acceptors (Lipinski definition) is 9. The minimum Gasteiger partial charge on any atom is -0.481 e. The number of anilines is 1. The number of fused-ring (bicyclic) bond motifs is 2. The van der Waals surface area contributed by atoms with E-state index in [9.17, 15) is 19.8 Å². The number of amides is 2. The number of hydrogen-bond donors (Lipinski definition) is 4. The highest BCUT2D eigenvalue weighted by Crippen LogP contribution is 2.35. The Morgan fingerprint density at radius 1 is 1.14 bits per heavy atom. The van der Waals surface area contributed by atoms with Crippen molar-refractivity contribution < 1.29 is 24.5 Å². The fraction of sp³-hybridized carbons (Fsp3) is 0.400. The van der Waals surface area contributed by atoms with Gasteiger partial charge in [-0.2, -0.15) is 0 Å². The molecule has 1 aliphatic heterocycles. The number of ether oxygens (including phenoxy) is 1. The number of carbonyl (C=O) groups excluding carboxylic acids is 2. The van der Waals surface area contributed by atoms with Crippen LogP contribution in [0.25, 0.3) is 11.0 Å². The van der Waals surface area contributed by atoms with Crippen LogP contribution in [0.15, 0.2) is 41.4 Å². The van der Waals surface area contributed by atoms with Crippen molar-refractivity contribution in [2.75, 3.05) is 18.2 Å². The van der Waals surface area contributed by atoms with Crippen LogP contribution in [-0.2, 0) is 4.79 Å². The van der Waals surface area contributed by atoms with E-state index < -0.39 is 12.2 Å². The van der Waals surface area contributed by atoms with Gasteiger partial charge in [-0.05, 0) is 55.9 Å². The first kappa shape index (κ1) is 24.4. The van der Waals surface area contributed by atoms with Gasteiger partial charge >= 0.3 is 0 Å². The van der Waals surface area contributed by atoms with Gasteiger partial charge in [-0.15, -0.1) is 11.8 Å². The topological polar surface area (TPSA) is 147 Å². The van der Waals surface area contributed by atoms with Gasteiger partial charge < -0.3 is 25.6 Å². The number of carbonyl (C=O) groups is 2. The van der Waals surface area contributed by atoms with Crippen LogP contribution in [0.4, 0.5) is 5.82 Å². The fourth-order valence-corrected chi connectivity index (χ4v) is 5.53. The van der Waals surface area contributed by atoms with Crippen molar-refractivity contribution in [1.29, 1.82) is 0 Å². The van der Waals surface area contributed by atoms with E-state index in [0.717, 1.165) is 4.90 Å². The van der Waals surface area contributed by atoms with Crippen molar-refractivity contribution in [2.24, 2.45) is 5.92 Å². The second-order valence-corrected chi connectivity index (χ2v) is 10.0. The number of aromatic nitrogens is 3. The molecule has 0 aromatic carbocycles. The van der Waals surface area contributed by atoms with Gasteiger partial charge in [-0.25, -0.2) is 9.97 Å². The van der Waals surface area contributed by atoms with Gasteiger partial charge in [-0.3, -0.25) is 14.6 Å². The summed E-state index contributed by atoms with van der Waals surface area (Å²) in [5.74, 6) is 0.605. The Kier molecular flexibility index (Phi) is 7.04. The highest BCUT2D eigenvalue weighted by molar-refractivity contribution is 8.00. The smallest absolute Gasteiger partial charge is 0.270 e. The normalized spacial score (nSPS) is 21.2. The van der Waals surface area contributed by atoms with Gasteiger partial charge in [0.05, 0.1) is 34.9 Å². The van der Waals surface area contributed by atoms with Crippen LogP contribution in [0.2, 0.25) is 0 Å². The molecule has 3 aromatic heterocycles. The second kappa shape index (κ2) is 10.4. The first-order chi connectivity index (χ1) is 17.4. The summed E-state index contributed by atoms with van der Waals surface area (Å²) in [5, 5.41) is 27.7. The van der Waals surface area contributed by atoms with Crippen molar-refractivity contribution in [2.45, 2.75) is 48.8 Å². The summed E-state index contributed by atoms with van der Waals surface area (Å²) >= 11 is 1.39. The van der Waals surface area contributed by atoms with E-state index in [1.807, 2.05) is 0 Å². The number of rotatable bonds is 6. The standard InChI is InChI=1S/C25H27N5O5S/c1-35-20-9-7-16-21(30-20)15(10-11-26-16)23(33)22(32)13-2-4-14(5-3-13)27-25(34)17-6-8-18-24(28-17)29-19(31)12-36-18/h6-11,13-14,22-23,32-33H,2-5,12H2,1H3,(H,27,34)(H,28,29,31)/t13-,14-,22-,23-/m1/s1. The Bertz CT molecular complexity index is 1300. The Balaban J connectivity index is 1.20. The van der Waals surface area contributed by atoms with Gasteiger partial charge in [0.1, 0.15) is 17.6 Å². The predicted molar refractivity (Wildman–Crippen MR) is 134 cm³/mol. The molecule has 1 saturated carbocycles. The van der Waals surface area contributed by atoms with Gasteiger partial charge in [0.25, 0.3) is 5.91 Å². The van der Waals surface area contributed by atoms with Crippen LogP contribution in [0.1, 0.15) is 47.8 Å². The highest BCUT2D eigenvalue weighted by atomic mass is 32.2. The Labute approximate surface area is 211 Å². The predicted octanol–water partition coefficient (Wildman–Crippen LogP) is 2.46. The fourth-order valence-electron chi connectivity index (χ4n) is 4.78. The monoisotopic (exact) mass is 509 g/mol. The molecular weight excluding hydrogens is 482 g/mol. The second-order valence-electron chi connectivity index (χ2n) is 9.02. The minimum absolute atomic E-state index is 0.0624. The Morgan fingerprint density at radius 3 is 2.72 bits per heavy atom. The summed E-state index contributed by atoms with van der Waals surface area (Å²) in [6.07, 6.45) is 2.11. The molecule has 2 amide bonds. The number of aliphatic hydroxyl groups excluding tert-OH is 2. The minimum atomic E-state index is -1.13. The number of nitrogens with one attached hydrogen (secondary N) is 2. The van der Waals surface area contributed by atoms with Crippen molar-refractivity contribution in [3.63, 3.8) is 0 Å². The molecule has 1 aliphatic carbocycles.